The molecule has 0 amide bonds. The summed E-state index contributed by atoms with van der Waals surface area (Å²) in [5.74, 6) is 6.33. The molecule has 21 heavy (non-hydrogen) atoms. The number of benzene rings is 2. The van der Waals surface area contributed by atoms with Crippen molar-refractivity contribution < 1.29 is 14.3 Å². The predicted octanol–water partition coefficient (Wildman–Crippen LogP) is 2.46. The maximum absolute atomic E-state index is 11.3. The van der Waals surface area contributed by atoms with Crippen LogP contribution in [0.3, 0.4) is 0 Å². The summed E-state index contributed by atoms with van der Waals surface area (Å²) in [5.41, 5.74) is 8.44. The molecular weight excluding hydrogens is 266 g/mol. The Morgan fingerprint density at radius 2 is 1.76 bits per heavy atom. The Balaban J connectivity index is 2.25. The Morgan fingerprint density at radius 1 is 1.05 bits per heavy atom. The monoisotopic (exact) mass is 281 g/mol. The molecule has 4 heteroatoms. The van der Waals surface area contributed by atoms with Crippen LogP contribution in [-0.4, -0.2) is 20.2 Å². The number of carbonyl (C=O) groups is 1. The maximum atomic E-state index is 11.3. The standard InChI is InChI=1S/C17H15NO3/c1-20-15-9-10-16(18)14(11-15)8-5-12-3-6-13(7-4-12)17(19)21-2/h3-4,6-7,9-11H,18H2,1-2H3. The van der Waals surface area contributed by atoms with Crippen LogP contribution in [0.1, 0.15) is 21.5 Å². The molecule has 0 bridgehead atoms. The van der Waals surface area contributed by atoms with Gasteiger partial charge in [0.25, 0.3) is 0 Å². The van der Waals surface area contributed by atoms with Gasteiger partial charge in [0.1, 0.15) is 5.75 Å². The average molecular weight is 281 g/mol. The Kier molecular flexibility index (Phi) is 4.47. The molecule has 0 aliphatic rings. The van der Waals surface area contributed by atoms with Gasteiger partial charge in [-0.2, -0.15) is 0 Å². The third-order valence-electron chi connectivity index (χ3n) is 2.91. The minimum absolute atomic E-state index is 0.369. The van der Waals surface area contributed by atoms with Gasteiger partial charge in [-0.05, 0) is 42.5 Å². The van der Waals surface area contributed by atoms with E-state index in [1.165, 1.54) is 7.11 Å². The van der Waals surface area contributed by atoms with E-state index in [4.69, 9.17) is 10.5 Å². The lowest BCUT2D eigenvalue weighted by atomic mass is 10.1. The smallest absolute Gasteiger partial charge is 0.337 e. The van der Waals surface area contributed by atoms with Crippen LogP contribution < -0.4 is 10.5 Å². The van der Waals surface area contributed by atoms with Gasteiger partial charge in [-0.3, -0.25) is 0 Å². The van der Waals surface area contributed by atoms with E-state index in [0.29, 0.717) is 22.6 Å². The van der Waals surface area contributed by atoms with Crippen molar-refractivity contribution >= 4 is 11.7 Å². The van der Waals surface area contributed by atoms with E-state index >= 15 is 0 Å². The minimum Gasteiger partial charge on any atom is -0.497 e. The molecule has 0 heterocycles. The molecule has 0 aliphatic heterocycles. The molecular formula is C17H15NO3. The van der Waals surface area contributed by atoms with Gasteiger partial charge in [-0.25, -0.2) is 4.79 Å². The van der Waals surface area contributed by atoms with Crippen molar-refractivity contribution in [2.75, 3.05) is 20.0 Å². The molecule has 0 saturated carbocycles. The van der Waals surface area contributed by atoms with Crippen molar-refractivity contribution in [1.82, 2.24) is 0 Å². The highest BCUT2D eigenvalue weighted by molar-refractivity contribution is 5.89. The summed E-state index contributed by atoms with van der Waals surface area (Å²) in [6.45, 7) is 0. The molecule has 0 unspecified atom stereocenters. The number of rotatable bonds is 2. The van der Waals surface area contributed by atoms with Gasteiger partial charge >= 0.3 is 5.97 Å². The SMILES string of the molecule is COC(=O)c1ccc(C#Cc2cc(OC)ccc2N)cc1. The fraction of sp³-hybridized carbons (Fsp3) is 0.118. The first kappa shape index (κ1) is 14.5. The maximum Gasteiger partial charge on any atom is 0.337 e. The third kappa shape index (κ3) is 3.54. The zero-order valence-electron chi connectivity index (χ0n) is 11.8. The first-order valence-corrected chi connectivity index (χ1v) is 6.28. The van der Waals surface area contributed by atoms with E-state index in [1.54, 1.807) is 49.6 Å². The molecule has 0 fully saturated rings. The van der Waals surface area contributed by atoms with Crippen LogP contribution in [0, 0.1) is 11.8 Å². The summed E-state index contributed by atoms with van der Waals surface area (Å²) in [7, 11) is 2.94. The topological polar surface area (TPSA) is 61.5 Å². The summed E-state index contributed by atoms with van der Waals surface area (Å²) < 4.78 is 9.78. The van der Waals surface area contributed by atoms with Crippen molar-refractivity contribution in [3.63, 3.8) is 0 Å². The molecule has 0 spiro atoms. The molecule has 0 radical (unpaired) electrons. The quantitative estimate of drug-likeness (QED) is 0.522. The zero-order chi connectivity index (χ0) is 15.2. The van der Waals surface area contributed by atoms with Crippen molar-refractivity contribution in [2.24, 2.45) is 0 Å². The van der Waals surface area contributed by atoms with Gasteiger partial charge in [0.05, 0.1) is 25.3 Å². The van der Waals surface area contributed by atoms with Gasteiger partial charge in [0.2, 0.25) is 0 Å². The predicted molar refractivity (Wildman–Crippen MR) is 81.2 cm³/mol. The second kappa shape index (κ2) is 6.49. The third-order valence-corrected chi connectivity index (χ3v) is 2.91. The van der Waals surface area contributed by atoms with Crippen LogP contribution in [0.25, 0.3) is 0 Å². The Bertz CT molecular complexity index is 709. The normalized spacial score (nSPS) is 9.43. The number of hydrogen-bond donors (Lipinski definition) is 1. The number of carbonyl (C=O) groups excluding carboxylic acids is 1. The zero-order valence-corrected chi connectivity index (χ0v) is 11.8. The first-order valence-electron chi connectivity index (χ1n) is 6.28. The fourth-order valence-electron chi connectivity index (χ4n) is 1.72. The molecule has 0 saturated heterocycles. The van der Waals surface area contributed by atoms with Gasteiger partial charge in [-0.15, -0.1) is 0 Å². The van der Waals surface area contributed by atoms with Crippen LogP contribution in [0.4, 0.5) is 5.69 Å². The molecule has 0 atom stereocenters. The van der Waals surface area contributed by atoms with Crippen LogP contribution in [0.15, 0.2) is 42.5 Å². The highest BCUT2D eigenvalue weighted by Gasteiger charge is 2.03. The Hall–Kier alpha value is -2.93. The van der Waals surface area contributed by atoms with Crippen LogP contribution >= 0.6 is 0 Å². The lowest BCUT2D eigenvalue weighted by Gasteiger charge is -2.02. The van der Waals surface area contributed by atoms with Crippen molar-refractivity contribution in [1.29, 1.82) is 0 Å². The van der Waals surface area contributed by atoms with Crippen LogP contribution in [0.5, 0.6) is 5.75 Å². The highest BCUT2D eigenvalue weighted by Crippen LogP contribution is 2.18. The molecule has 2 aromatic carbocycles. The average Bonchev–Trinajstić information content (AvgIpc) is 2.54. The molecule has 0 aromatic heterocycles. The minimum atomic E-state index is -0.369. The lowest BCUT2D eigenvalue weighted by Crippen LogP contribution is -2.00. The van der Waals surface area contributed by atoms with Gasteiger partial charge in [-0.1, -0.05) is 11.8 Å². The molecule has 0 aliphatic carbocycles. The molecule has 106 valence electrons. The van der Waals surface area contributed by atoms with Crippen molar-refractivity contribution in [2.45, 2.75) is 0 Å². The van der Waals surface area contributed by atoms with Crippen LogP contribution in [0.2, 0.25) is 0 Å². The molecule has 4 nitrogen and oxygen atoms in total. The summed E-state index contributed by atoms with van der Waals surface area (Å²) >= 11 is 0. The van der Waals surface area contributed by atoms with Crippen molar-refractivity contribution in [3.05, 3.63) is 59.2 Å². The number of nitrogen functional groups attached to an aromatic ring is 1. The van der Waals surface area contributed by atoms with Gasteiger partial charge in [0, 0.05) is 11.3 Å². The largest absolute Gasteiger partial charge is 0.497 e. The van der Waals surface area contributed by atoms with E-state index in [-0.39, 0.29) is 5.97 Å². The summed E-state index contributed by atoms with van der Waals surface area (Å²) in [6.07, 6.45) is 0. The summed E-state index contributed by atoms with van der Waals surface area (Å²) in [4.78, 5) is 11.3. The second-order valence-corrected chi connectivity index (χ2v) is 4.27. The Morgan fingerprint density at radius 3 is 2.38 bits per heavy atom. The van der Waals surface area contributed by atoms with E-state index in [9.17, 15) is 4.79 Å². The van der Waals surface area contributed by atoms with Crippen LogP contribution in [-0.2, 0) is 4.74 Å². The summed E-state index contributed by atoms with van der Waals surface area (Å²) in [5, 5.41) is 0. The molecule has 2 rings (SSSR count). The molecule has 2 N–H and O–H groups in total. The fourth-order valence-corrected chi connectivity index (χ4v) is 1.72. The highest BCUT2D eigenvalue weighted by atomic mass is 16.5. The molecule has 2 aromatic rings. The lowest BCUT2D eigenvalue weighted by molar-refractivity contribution is 0.0600. The number of ether oxygens (including phenoxy) is 2. The van der Waals surface area contributed by atoms with E-state index in [2.05, 4.69) is 16.6 Å². The van der Waals surface area contributed by atoms with E-state index in [1.807, 2.05) is 0 Å². The van der Waals surface area contributed by atoms with Gasteiger partial charge in [0.15, 0.2) is 0 Å². The van der Waals surface area contributed by atoms with E-state index in [0.717, 1.165) is 5.56 Å². The number of nitrogens with two attached hydrogens (primary N) is 1. The number of esters is 1. The number of hydrogen-bond acceptors (Lipinski definition) is 4. The number of anilines is 1. The Labute approximate surface area is 123 Å². The number of methoxy groups -OCH3 is 2. The van der Waals surface area contributed by atoms with Crippen molar-refractivity contribution in [3.8, 4) is 17.6 Å². The van der Waals surface area contributed by atoms with E-state index < -0.39 is 0 Å². The summed E-state index contributed by atoms with van der Waals surface area (Å²) in [6, 6.07) is 12.2. The van der Waals surface area contributed by atoms with Gasteiger partial charge < -0.3 is 15.2 Å². The first-order chi connectivity index (χ1) is 10.1. The second-order valence-electron chi connectivity index (χ2n) is 4.27.